The molecule has 3 heterocycles. The van der Waals surface area contributed by atoms with E-state index in [9.17, 15) is 0 Å². The van der Waals surface area contributed by atoms with Gasteiger partial charge >= 0.3 is 0 Å². The van der Waals surface area contributed by atoms with Crippen LogP contribution in [0.5, 0.6) is 0 Å². The lowest BCUT2D eigenvalue weighted by atomic mass is 9.88. The van der Waals surface area contributed by atoms with Crippen LogP contribution in [0.3, 0.4) is 0 Å². The molecule has 0 radical (unpaired) electrons. The Kier molecular flexibility index (Phi) is 5.84. The van der Waals surface area contributed by atoms with Crippen LogP contribution < -0.4 is 0 Å². The van der Waals surface area contributed by atoms with Crippen LogP contribution in [0.1, 0.15) is 94.5 Å². The zero-order valence-corrected chi connectivity index (χ0v) is 23.3. The average molecular weight is 517 g/mol. The van der Waals surface area contributed by atoms with Gasteiger partial charge in [-0.1, -0.05) is 59.1 Å². The van der Waals surface area contributed by atoms with Crippen molar-refractivity contribution in [2.24, 2.45) is 0 Å². The van der Waals surface area contributed by atoms with Crippen LogP contribution >= 0.6 is 0 Å². The smallest absolute Gasteiger partial charge is 0.159 e. The van der Waals surface area contributed by atoms with Crippen molar-refractivity contribution in [3.8, 4) is 16.8 Å². The zero-order chi connectivity index (χ0) is 26.7. The quantitative estimate of drug-likeness (QED) is 0.248. The summed E-state index contributed by atoms with van der Waals surface area (Å²) in [6.45, 7) is 9.06. The van der Waals surface area contributed by atoms with E-state index in [0.717, 1.165) is 39.0 Å². The van der Waals surface area contributed by atoms with E-state index in [1.54, 1.807) is 6.33 Å². The highest BCUT2D eigenvalue weighted by molar-refractivity contribution is 6.13. The van der Waals surface area contributed by atoms with Crippen molar-refractivity contribution < 1.29 is 4.42 Å². The van der Waals surface area contributed by atoms with Crippen molar-refractivity contribution in [1.82, 2.24) is 19.5 Å². The van der Waals surface area contributed by atoms with Gasteiger partial charge in [-0.15, -0.1) is 0 Å². The van der Waals surface area contributed by atoms with Gasteiger partial charge in [-0.3, -0.25) is 4.57 Å². The van der Waals surface area contributed by atoms with E-state index >= 15 is 0 Å². The van der Waals surface area contributed by atoms with Crippen LogP contribution in [0.15, 0.2) is 65.6 Å². The molecule has 39 heavy (non-hydrogen) atoms. The minimum atomic E-state index is 0.385. The van der Waals surface area contributed by atoms with E-state index in [1.807, 2.05) is 6.20 Å². The number of furan rings is 1. The lowest BCUT2D eigenvalue weighted by Crippen LogP contribution is -2.11. The molecule has 3 aromatic heterocycles. The van der Waals surface area contributed by atoms with Crippen molar-refractivity contribution in [3.63, 3.8) is 0 Å². The molecule has 0 aliphatic heterocycles. The first-order chi connectivity index (χ1) is 19.0. The van der Waals surface area contributed by atoms with Crippen LogP contribution in [0.25, 0.3) is 49.8 Å². The zero-order valence-electron chi connectivity index (χ0n) is 23.3. The van der Waals surface area contributed by atoms with E-state index < -0.39 is 0 Å². The summed E-state index contributed by atoms with van der Waals surface area (Å²) in [5, 5.41) is 2.34. The van der Waals surface area contributed by atoms with Crippen molar-refractivity contribution in [2.45, 2.75) is 77.6 Å². The van der Waals surface area contributed by atoms with E-state index in [2.05, 4.69) is 90.9 Å². The third kappa shape index (κ3) is 3.98. The number of para-hydroxylation sites is 1. The Labute approximate surface area is 229 Å². The maximum Gasteiger partial charge on any atom is 0.159 e. The van der Waals surface area contributed by atoms with E-state index in [0.29, 0.717) is 17.8 Å². The summed E-state index contributed by atoms with van der Waals surface area (Å²) in [4.78, 5) is 12.8. The first-order valence-electron chi connectivity index (χ1n) is 14.5. The molecule has 1 saturated carbocycles. The number of aromatic amines is 1. The van der Waals surface area contributed by atoms with E-state index in [1.165, 1.54) is 59.8 Å². The number of hydrogen-bond donors (Lipinski definition) is 1. The average Bonchev–Trinajstić information content (AvgIpc) is 3.70. The number of rotatable bonds is 5. The number of nitrogens with one attached hydrogen (secondary N) is 1. The molecule has 0 bridgehead atoms. The summed E-state index contributed by atoms with van der Waals surface area (Å²) in [6, 6.07) is 15.6. The Balaban J connectivity index is 1.55. The summed E-state index contributed by atoms with van der Waals surface area (Å²) < 4.78 is 9.25. The molecule has 1 aliphatic rings. The summed E-state index contributed by atoms with van der Waals surface area (Å²) in [5.41, 5.74) is 9.76. The summed E-state index contributed by atoms with van der Waals surface area (Å²) in [6.07, 6.45) is 12.2. The lowest BCUT2D eigenvalue weighted by Gasteiger charge is -2.22. The Morgan fingerprint density at radius 1 is 0.846 bits per heavy atom. The van der Waals surface area contributed by atoms with Crippen LogP contribution in [-0.2, 0) is 0 Å². The highest BCUT2D eigenvalue weighted by Crippen LogP contribution is 2.43. The second kappa shape index (κ2) is 9.41. The Bertz CT molecular complexity index is 1810. The predicted molar refractivity (Wildman–Crippen MR) is 160 cm³/mol. The Hall–Kier alpha value is -3.86. The third-order valence-electron chi connectivity index (χ3n) is 8.67. The monoisotopic (exact) mass is 516 g/mol. The SMILES string of the molecule is CC(C)c1cc(-c2cccc3[nH]cnc23)c2oc3c(-n4ccnc4C4CCCCC4)cc(C(C)C)cc3c2c1. The van der Waals surface area contributed by atoms with Gasteiger partial charge in [-0.05, 0) is 66.1 Å². The van der Waals surface area contributed by atoms with Gasteiger partial charge in [0.2, 0.25) is 0 Å². The first-order valence-corrected chi connectivity index (χ1v) is 14.5. The number of benzene rings is 3. The molecule has 0 unspecified atom stereocenters. The van der Waals surface area contributed by atoms with Crippen molar-refractivity contribution >= 4 is 33.0 Å². The molecule has 0 saturated heterocycles. The topological polar surface area (TPSA) is 59.6 Å². The molecule has 0 atom stereocenters. The molecular weight excluding hydrogens is 480 g/mol. The van der Waals surface area contributed by atoms with Gasteiger partial charge in [0.25, 0.3) is 0 Å². The molecule has 198 valence electrons. The van der Waals surface area contributed by atoms with E-state index in [-0.39, 0.29) is 0 Å². The fraction of sp³-hybridized carbons (Fsp3) is 0.353. The number of H-pyrrole nitrogens is 1. The van der Waals surface area contributed by atoms with Gasteiger partial charge in [-0.2, -0.15) is 0 Å². The van der Waals surface area contributed by atoms with Crippen LogP contribution in [-0.4, -0.2) is 19.5 Å². The standard InChI is InChI=1S/C34H36N4O/c1-20(2)23-15-26(25-11-8-12-29-31(25)37-19-36-29)32-27(16-23)28-17-24(21(3)4)18-30(33(28)39-32)38-14-13-35-34(38)22-9-6-5-7-10-22/h8,11-22H,5-7,9-10H2,1-4H3,(H,36,37). The maximum atomic E-state index is 6.94. The molecular formula is C34H36N4O. The largest absolute Gasteiger partial charge is 0.453 e. The fourth-order valence-corrected chi connectivity index (χ4v) is 6.42. The molecule has 3 aromatic carbocycles. The van der Waals surface area contributed by atoms with Gasteiger partial charge in [0, 0.05) is 40.2 Å². The fourth-order valence-electron chi connectivity index (χ4n) is 6.42. The highest BCUT2D eigenvalue weighted by Gasteiger charge is 2.25. The predicted octanol–water partition coefficient (Wildman–Crippen LogP) is 9.61. The molecule has 0 amide bonds. The van der Waals surface area contributed by atoms with Crippen LogP contribution in [0.4, 0.5) is 0 Å². The number of nitrogens with zero attached hydrogens (tertiary/aromatic N) is 3. The van der Waals surface area contributed by atoms with Gasteiger partial charge in [-0.25, -0.2) is 9.97 Å². The number of aromatic nitrogens is 4. The molecule has 5 nitrogen and oxygen atoms in total. The van der Waals surface area contributed by atoms with Crippen LogP contribution in [0, 0.1) is 0 Å². The molecule has 1 N–H and O–H groups in total. The van der Waals surface area contributed by atoms with Gasteiger partial charge in [0.15, 0.2) is 5.58 Å². The van der Waals surface area contributed by atoms with Crippen molar-refractivity contribution in [1.29, 1.82) is 0 Å². The maximum absolute atomic E-state index is 6.94. The van der Waals surface area contributed by atoms with Crippen LogP contribution in [0.2, 0.25) is 0 Å². The summed E-state index contributed by atoms with van der Waals surface area (Å²) >= 11 is 0. The second-order valence-electron chi connectivity index (χ2n) is 11.9. The van der Waals surface area contributed by atoms with Gasteiger partial charge < -0.3 is 9.40 Å². The lowest BCUT2D eigenvalue weighted by molar-refractivity contribution is 0.425. The third-order valence-corrected chi connectivity index (χ3v) is 8.67. The number of hydrogen-bond acceptors (Lipinski definition) is 3. The summed E-state index contributed by atoms with van der Waals surface area (Å²) in [5.74, 6) is 2.44. The molecule has 5 heteroatoms. The van der Waals surface area contributed by atoms with E-state index in [4.69, 9.17) is 9.40 Å². The first kappa shape index (κ1) is 24.2. The van der Waals surface area contributed by atoms with Crippen molar-refractivity contribution in [3.05, 3.63) is 78.1 Å². The molecule has 1 fully saturated rings. The number of fused-ring (bicyclic) bond motifs is 4. The molecule has 1 aliphatic carbocycles. The molecule has 6 aromatic rings. The Morgan fingerprint density at radius 2 is 1.59 bits per heavy atom. The minimum Gasteiger partial charge on any atom is -0.453 e. The summed E-state index contributed by atoms with van der Waals surface area (Å²) in [7, 11) is 0. The highest BCUT2D eigenvalue weighted by atomic mass is 16.3. The number of imidazole rings is 2. The van der Waals surface area contributed by atoms with Gasteiger partial charge in [0.1, 0.15) is 11.4 Å². The second-order valence-corrected chi connectivity index (χ2v) is 11.9. The molecule has 0 spiro atoms. The van der Waals surface area contributed by atoms with Crippen molar-refractivity contribution in [2.75, 3.05) is 0 Å². The minimum absolute atomic E-state index is 0.385. The Morgan fingerprint density at radius 3 is 2.36 bits per heavy atom. The normalized spacial score (nSPS) is 15.0. The van der Waals surface area contributed by atoms with Gasteiger partial charge in [0.05, 0.1) is 23.0 Å². The molecule has 7 rings (SSSR count).